The lowest BCUT2D eigenvalue weighted by molar-refractivity contribution is -0.147. The smallest absolute Gasteiger partial charge is 0.246 e. The maximum Gasteiger partial charge on any atom is 0.246 e. The van der Waals surface area contributed by atoms with Crippen molar-refractivity contribution in [3.05, 3.63) is 0 Å². The summed E-state index contributed by atoms with van der Waals surface area (Å²) in [5.74, 6) is 1.48. The minimum Gasteiger partial charge on any atom is -0.340 e. The van der Waals surface area contributed by atoms with Gasteiger partial charge in [-0.2, -0.15) is 0 Å². The molecular weight excluding hydrogens is 322 g/mol. The number of likely N-dealkylation sites (tertiary alicyclic amines) is 1. The second kappa shape index (κ2) is 6.97. The van der Waals surface area contributed by atoms with Crippen molar-refractivity contribution in [3.63, 3.8) is 0 Å². The Morgan fingerprint density at radius 1 is 1.36 bits per heavy atom. The first-order valence-corrected chi connectivity index (χ1v) is 8.71. The molecule has 5 nitrogen and oxygen atoms in total. The van der Waals surface area contributed by atoms with Crippen molar-refractivity contribution in [3.8, 4) is 0 Å². The minimum absolute atomic E-state index is 0. The Morgan fingerprint density at radius 2 is 2.00 bits per heavy atom. The predicted octanol–water partition coefficient (Wildman–Crippen LogP) is 1.55. The fraction of sp³-hybridized carbons (Fsp3) is 0.867. The molecule has 2 fully saturated rings. The molecule has 22 heavy (non-hydrogen) atoms. The monoisotopic (exact) mass is 349 g/mol. The highest BCUT2D eigenvalue weighted by Gasteiger charge is 2.43. The van der Waals surface area contributed by atoms with Crippen molar-refractivity contribution < 1.29 is 9.59 Å². The van der Waals surface area contributed by atoms with E-state index in [1.54, 1.807) is 16.7 Å². The van der Waals surface area contributed by atoms with Crippen LogP contribution in [0.1, 0.15) is 34.1 Å². The van der Waals surface area contributed by atoms with Crippen molar-refractivity contribution >= 4 is 36.0 Å². The molecule has 128 valence electrons. The van der Waals surface area contributed by atoms with Crippen LogP contribution < -0.4 is 5.73 Å². The predicted molar refractivity (Wildman–Crippen MR) is 93.0 cm³/mol. The van der Waals surface area contributed by atoms with Crippen molar-refractivity contribution in [1.29, 1.82) is 0 Å². The van der Waals surface area contributed by atoms with Crippen LogP contribution in [0.2, 0.25) is 0 Å². The number of rotatable bonds is 2. The summed E-state index contributed by atoms with van der Waals surface area (Å²) < 4.78 is 0. The van der Waals surface area contributed by atoms with Crippen LogP contribution in [0.5, 0.6) is 0 Å². The third-order valence-electron chi connectivity index (χ3n) is 4.43. The highest BCUT2D eigenvalue weighted by molar-refractivity contribution is 7.99. The zero-order valence-corrected chi connectivity index (χ0v) is 15.6. The summed E-state index contributed by atoms with van der Waals surface area (Å²) in [5, 5.41) is 0. The van der Waals surface area contributed by atoms with E-state index in [1.807, 2.05) is 25.7 Å². The molecule has 2 atom stereocenters. The molecule has 0 aromatic rings. The van der Waals surface area contributed by atoms with Gasteiger partial charge in [-0.05, 0) is 18.4 Å². The van der Waals surface area contributed by atoms with Gasteiger partial charge in [-0.25, -0.2) is 0 Å². The highest BCUT2D eigenvalue weighted by Crippen LogP contribution is 2.32. The van der Waals surface area contributed by atoms with E-state index in [0.29, 0.717) is 24.7 Å². The highest BCUT2D eigenvalue weighted by atomic mass is 35.5. The number of halogens is 1. The van der Waals surface area contributed by atoms with Gasteiger partial charge in [0.1, 0.15) is 6.04 Å². The van der Waals surface area contributed by atoms with E-state index in [4.69, 9.17) is 5.73 Å². The Hall–Kier alpha value is -0.460. The van der Waals surface area contributed by atoms with Crippen LogP contribution in [0.25, 0.3) is 0 Å². The summed E-state index contributed by atoms with van der Waals surface area (Å²) in [7, 11) is 0. The number of hydrogen-bond acceptors (Lipinski definition) is 4. The molecule has 0 saturated carbocycles. The average molecular weight is 350 g/mol. The van der Waals surface area contributed by atoms with Gasteiger partial charge in [-0.15, -0.1) is 24.2 Å². The van der Waals surface area contributed by atoms with Gasteiger partial charge in [0.2, 0.25) is 11.8 Å². The second-order valence-corrected chi connectivity index (χ2v) is 8.56. The van der Waals surface area contributed by atoms with Crippen LogP contribution in [0, 0.1) is 10.8 Å². The van der Waals surface area contributed by atoms with E-state index < -0.39 is 5.41 Å². The lowest BCUT2D eigenvalue weighted by Gasteiger charge is -2.32. The number of carbonyl (C=O) groups excluding carboxylic acids is 2. The number of nitrogens with two attached hydrogens (primary N) is 1. The first-order chi connectivity index (χ1) is 9.68. The molecule has 2 saturated heterocycles. The average Bonchev–Trinajstić information content (AvgIpc) is 3.03. The topological polar surface area (TPSA) is 66.6 Å². The number of carbonyl (C=O) groups is 2. The fourth-order valence-corrected chi connectivity index (χ4v) is 4.01. The van der Waals surface area contributed by atoms with Crippen LogP contribution in [-0.4, -0.2) is 58.9 Å². The van der Waals surface area contributed by atoms with Gasteiger partial charge in [0.05, 0.1) is 5.88 Å². The molecule has 2 rings (SSSR count). The Balaban J connectivity index is 0.00000242. The molecule has 2 aliphatic rings. The molecule has 0 aromatic heterocycles. The van der Waals surface area contributed by atoms with E-state index in [9.17, 15) is 9.59 Å². The maximum atomic E-state index is 12.8. The van der Waals surface area contributed by atoms with Crippen molar-refractivity contribution in [2.45, 2.75) is 40.2 Å². The molecule has 2 aliphatic heterocycles. The minimum atomic E-state index is -0.444. The number of amides is 2. The summed E-state index contributed by atoms with van der Waals surface area (Å²) >= 11 is 1.66. The third-order valence-corrected chi connectivity index (χ3v) is 5.44. The molecular formula is C15H28ClN3O2S. The van der Waals surface area contributed by atoms with Gasteiger partial charge in [-0.1, -0.05) is 27.7 Å². The zero-order valence-electron chi connectivity index (χ0n) is 13.9. The van der Waals surface area contributed by atoms with Gasteiger partial charge in [0.25, 0.3) is 0 Å². The molecule has 2 N–H and O–H groups in total. The van der Waals surface area contributed by atoms with E-state index in [2.05, 4.69) is 6.92 Å². The van der Waals surface area contributed by atoms with Crippen LogP contribution in [0.4, 0.5) is 0 Å². The van der Waals surface area contributed by atoms with Gasteiger partial charge < -0.3 is 15.5 Å². The van der Waals surface area contributed by atoms with Crippen molar-refractivity contribution in [2.75, 3.05) is 31.3 Å². The molecule has 0 spiro atoms. The lowest BCUT2D eigenvalue weighted by Crippen LogP contribution is -2.51. The molecule has 7 heteroatoms. The zero-order chi connectivity index (χ0) is 15.8. The number of thioether (sulfide) groups is 1. The Morgan fingerprint density at radius 3 is 2.50 bits per heavy atom. The fourth-order valence-electron chi connectivity index (χ4n) is 2.87. The third kappa shape index (κ3) is 3.89. The molecule has 0 bridgehead atoms. The summed E-state index contributed by atoms with van der Waals surface area (Å²) in [5.41, 5.74) is 5.39. The Labute approximate surface area is 143 Å². The van der Waals surface area contributed by atoms with Gasteiger partial charge in [0.15, 0.2) is 0 Å². The molecule has 2 amide bonds. The molecule has 0 aromatic carbocycles. The van der Waals surface area contributed by atoms with E-state index in [-0.39, 0.29) is 35.7 Å². The number of nitrogens with zero attached hydrogens (tertiary/aromatic N) is 2. The lowest BCUT2D eigenvalue weighted by atomic mass is 9.90. The van der Waals surface area contributed by atoms with E-state index in [0.717, 1.165) is 13.0 Å². The van der Waals surface area contributed by atoms with Crippen LogP contribution in [0.15, 0.2) is 0 Å². The summed E-state index contributed by atoms with van der Waals surface area (Å²) in [6.45, 7) is 9.90. The first-order valence-electron chi connectivity index (χ1n) is 7.56. The van der Waals surface area contributed by atoms with Gasteiger partial charge >= 0.3 is 0 Å². The second-order valence-electron chi connectivity index (χ2n) is 7.57. The Kier molecular flexibility index (Phi) is 6.21. The van der Waals surface area contributed by atoms with Crippen molar-refractivity contribution in [1.82, 2.24) is 9.80 Å². The standard InChI is InChI=1S/C15H27N3O2S.ClH/c1-14(2,3)13(20)18-10-21-7-11(18)12(19)17-6-5-15(4,8-16)9-17;/h11H,5-10,16H2,1-4H3;1H. The quantitative estimate of drug-likeness (QED) is 0.821. The van der Waals surface area contributed by atoms with Crippen LogP contribution in [-0.2, 0) is 9.59 Å². The number of hydrogen-bond donors (Lipinski definition) is 1. The largest absolute Gasteiger partial charge is 0.340 e. The van der Waals surface area contributed by atoms with Gasteiger partial charge in [-0.3, -0.25) is 9.59 Å². The van der Waals surface area contributed by atoms with Crippen LogP contribution >= 0.6 is 24.2 Å². The Bertz CT molecular complexity index is 441. The summed E-state index contributed by atoms with van der Waals surface area (Å²) in [6, 6.07) is -0.304. The van der Waals surface area contributed by atoms with E-state index >= 15 is 0 Å². The molecule has 2 heterocycles. The van der Waals surface area contributed by atoms with Gasteiger partial charge in [0, 0.05) is 24.3 Å². The molecule has 2 unspecified atom stereocenters. The maximum absolute atomic E-state index is 12.8. The summed E-state index contributed by atoms with van der Waals surface area (Å²) in [6.07, 6.45) is 0.947. The van der Waals surface area contributed by atoms with E-state index in [1.165, 1.54) is 0 Å². The molecule has 0 radical (unpaired) electrons. The first kappa shape index (κ1) is 19.6. The summed E-state index contributed by atoms with van der Waals surface area (Å²) in [4.78, 5) is 28.9. The molecule has 0 aliphatic carbocycles. The SMILES string of the molecule is CC1(CN)CCN(C(=O)C2CSCN2C(=O)C(C)(C)C)C1.Cl. The normalized spacial score (nSPS) is 28.7. The van der Waals surface area contributed by atoms with Crippen molar-refractivity contribution in [2.24, 2.45) is 16.6 Å². The van der Waals surface area contributed by atoms with Crippen LogP contribution in [0.3, 0.4) is 0 Å².